The van der Waals surface area contributed by atoms with E-state index in [0.717, 1.165) is 11.5 Å². The second-order valence-electron chi connectivity index (χ2n) is 3.01. The minimum Gasteiger partial charge on any atom is -0.377 e. The largest absolute Gasteiger partial charge is 0.377 e. The minimum absolute atomic E-state index is 0.116. The third kappa shape index (κ3) is 4.44. The van der Waals surface area contributed by atoms with Gasteiger partial charge >= 0.3 is 0 Å². The van der Waals surface area contributed by atoms with Crippen molar-refractivity contribution in [2.75, 3.05) is 12.9 Å². The monoisotopic (exact) mass is 284 g/mol. The van der Waals surface area contributed by atoms with E-state index in [-0.39, 0.29) is 23.2 Å². The molecule has 0 bridgehead atoms. The van der Waals surface area contributed by atoms with Crippen LogP contribution in [0.15, 0.2) is 16.5 Å². The highest BCUT2D eigenvalue weighted by atomic mass is 32.2. The van der Waals surface area contributed by atoms with Gasteiger partial charge in [0, 0.05) is 7.11 Å². The lowest BCUT2D eigenvalue weighted by Crippen LogP contribution is -2.06. The summed E-state index contributed by atoms with van der Waals surface area (Å²) in [7, 11) is -2.21. The predicted molar refractivity (Wildman–Crippen MR) is 57.6 cm³/mol. The average Bonchev–Trinajstić information content (AvgIpc) is 2.66. The van der Waals surface area contributed by atoms with E-state index in [9.17, 15) is 17.2 Å². The molecule has 1 aromatic heterocycles. The summed E-state index contributed by atoms with van der Waals surface area (Å²) in [5.74, 6) is -0.144. The van der Waals surface area contributed by atoms with Crippen molar-refractivity contribution in [3.05, 3.63) is 18.0 Å². The molecule has 0 fully saturated rings. The van der Waals surface area contributed by atoms with Crippen molar-refractivity contribution in [2.45, 2.75) is 17.4 Å². The van der Waals surface area contributed by atoms with Crippen LogP contribution >= 0.6 is 11.5 Å². The van der Waals surface area contributed by atoms with Crippen molar-refractivity contribution >= 4 is 21.4 Å². The smallest absolute Gasteiger partial charge is 0.266 e. The van der Waals surface area contributed by atoms with Crippen LogP contribution in [0.2, 0.25) is 0 Å². The van der Waals surface area contributed by atoms with Gasteiger partial charge in [-0.1, -0.05) is 0 Å². The zero-order chi connectivity index (χ0) is 12.9. The Morgan fingerprint density at radius 2 is 2.24 bits per heavy atom. The minimum atomic E-state index is -3.64. The van der Waals surface area contributed by atoms with Gasteiger partial charge in [-0.15, -0.1) is 0 Å². The number of nitrogens with zero attached hydrogens (tertiary/aromatic N) is 2. The third-order valence-electron chi connectivity index (χ3n) is 1.67. The molecule has 0 saturated carbocycles. The summed E-state index contributed by atoms with van der Waals surface area (Å²) in [4.78, 5) is 3.76. The molecule has 0 aliphatic rings. The Morgan fingerprint density at radius 1 is 1.53 bits per heavy atom. The quantitative estimate of drug-likeness (QED) is 0.794. The van der Waals surface area contributed by atoms with Crippen molar-refractivity contribution in [3.63, 3.8) is 0 Å². The standard InChI is InChI=1S/C8H10F2N2O3S2/c1-15-5-7-11-8(16-12-7)17(13,14)4-2-3-6(9)10/h3H,2,4-5H2,1H3. The number of ether oxygens (including phenoxy) is 1. The zero-order valence-corrected chi connectivity index (χ0v) is 10.5. The molecule has 1 aromatic rings. The number of hydrogen-bond acceptors (Lipinski definition) is 6. The van der Waals surface area contributed by atoms with Crippen LogP contribution < -0.4 is 0 Å². The number of halogens is 2. The van der Waals surface area contributed by atoms with Crippen LogP contribution in [0, 0.1) is 0 Å². The number of methoxy groups -OCH3 is 1. The van der Waals surface area contributed by atoms with Gasteiger partial charge < -0.3 is 4.74 Å². The molecule has 96 valence electrons. The van der Waals surface area contributed by atoms with Gasteiger partial charge in [-0.25, -0.2) is 13.4 Å². The van der Waals surface area contributed by atoms with Crippen molar-refractivity contribution in [1.29, 1.82) is 0 Å². The van der Waals surface area contributed by atoms with Crippen LogP contribution in [0.1, 0.15) is 12.2 Å². The van der Waals surface area contributed by atoms with Gasteiger partial charge in [0.15, 0.2) is 5.82 Å². The zero-order valence-electron chi connectivity index (χ0n) is 8.89. The van der Waals surface area contributed by atoms with Gasteiger partial charge in [0.05, 0.1) is 5.75 Å². The molecule has 0 radical (unpaired) electrons. The first-order chi connectivity index (χ1) is 7.95. The van der Waals surface area contributed by atoms with Gasteiger partial charge in [0.2, 0.25) is 14.2 Å². The van der Waals surface area contributed by atoms with Crippen LogP contribution in [0.3, 0.4) is 0 Å². The number of aromatic nitrogens is 2. The summed E-state index contributed by atoms with van der Waals surface area (Å²) in [6, 6.07) is 0. The molecule has 0 N–H and O–H groups in total. The molecule has 0 saturated heterocycles. The lowest BCUT2D eigenvalue weighted by atomic mass is 10.5. The van der Waals surface area contributed by atoms with Crippen molar-refractivity contribution in [3.8, 4) is 0 Å². The van der Waals surface area contributed by atoms with E-state index >= 15 is 0 Å². The summed E-state index contributed by atoms with van der Waals surface area (Å²) in [6.07, 6.45) is -1.57. The van der Waals surface area contributed by atoms with E-state index in [1.54, 1.807) is 0 Å². The Hall–Kier alpha value is -0.930. The molecule has 0 unspecified atom stereocenters. The lowest BCUT2D eigenvalue weighted by molar-refractivity contribution is 0.178. The second kappa shape index (κ2) is 6.12. The van der Waals surface area contributed by atoms with Gasteiger partial charge in [0.25, 0.3) is 6.08 Å². The summed E-state index contributed by atoms with van der Waals surface area (Å²) in [6.45, 7) is 0.116. The van der Waals surface area contributed by atoms with Crippen molar-refractivity contribution in [1.82, 2.24) is 9.36 Å². The van der Waals surface area contributed by atoms with E-state index in [0.29, 0.717) is 6.08 Å². The Bertz CT molecular complexity index is 495. The highest BCUT2D eigenvalue weighted by molar-refractivity contribution is 7.93. The maximum atomic E-state index is 11.7. The Kier molecular flexibility index (Phi) is 5.09. The highest BCUT2D eigenvalue weighted by Crippen LogP contribution is 2.15. The van der Waals surface area contributed by atoms with Gasteiger partial charge in [-0.3, -0.25) is 0 Å². The highest BCUT2D eigenvalue weighted by Gasteiger charge is 2.19. The Balaban J connectivity index is 2.72. The van der Waals surface area contributed by atoms with E-state index < -0.39 is 21.7 Å². The summed E-state index contributed by atoms with van der Waals surface area (Å²) in [5.41, 5.74) is 0. The number of sulfone groups is 1. The topological polar surface area (TPSA) is 69.2 Å². The molecule has 1 rings (SSSR count). The molecular weight excluding hydrogens is 274 g/mol. The first-order valence-electron chi connectivity index (χ1n) is 4.51. The van der Waals surface area contributed by atoms with Crippen LogP contribution in [0.4, 0.5) is 8.78 Å². The Labute approximate surface area is 101 Å². The fraction of sp³-hybridized carbons (Fsp3) is 0.500. The molecule has 0 spiro atoms. The molecule has 0 amide bonds. The fourth-order valence-electron chi connectivity index (χ4n) is 0.962. The molecular formula is C8H10F2N2O3S2. The van der Waals surface area contributed by atoms with Crippen LogP contribution in [0.5, 0.6) is 0 Å². The molecule has 0 aromatic carbocycles. The van der Waals surface area contributed by atoms with E-state index in [2.05, 4.69) is 9.36 Å². The van der Waals surface area contributed by atoms with Crippen LogP contribution in [-0.4, -0.2) is 30.6 Å². The van der Waals surface area contributed by atoms with Gasteiger partial charge in [-0.2, -0.15) is 13.2 Å². The van der Waals surface area contributed by atoms with E-state index in [1.165, 1.54) is 7.11 Å². The first-order valence-corrected chi connectivity index (χ1v) is 6.93. The van der Waals surface area contributed by atoms with Crippen molar-refractivity contribution < 1.29 is 21.9 Å². The van der Waals surface area contributed by atoms with Gasteiger partial charge in [0.1, 0.15) is 6.61 Å². The molecule has 9 heteroatoms. The molecule has 5 nitrogen and oxygen atoms in total. The van der Waals surface area contributed by atoms with Gasteiger partial charge in [-0.05, 0) is 24.0 Å². The Morgan fingerprint density at radius 3 is 2.82 bits per heavy atom. The summed E-state index contributed by atoms with van der Waals surface area (Å²) < 4.78 is 55.1. The second-order valence-corrected chi connectivity index (χ2v) is 6.05. The third-order valence-corrected chi connectivity index (χ3v) is 4.61. The lowest BCUT2D eigenvalue weighted by Gasteiger charge is -1.96. The molecule has 17 heavy (non-hydrogen) atoms. The van der Waals surface area contributed by atoms with Crippen molar-refractivity contribution in [2.24, 2.45) is 0 Å². The molecule has 1 heterocycles. The predicted octanol–water partition coefficient (Wildman–Crippen LogP) is 1.63. The van der Waals surface area contributed by atoms with Crippen LogP contribution in [0.25, 0.3) is 0 Å². The number of rotatable bonds is 6. The molecule has 0 aliphatic carbocycles. The number of allylic oxidation sites excluding steroid dienone is 1. The summed E-state index contributed by atoms with van der Waals surface area (Å²) in [5, 5.41) is 0. The van der Waals surface area contributed by atoms with E-state index in [4.69, 9.17) is 4.74 Å². The maximum absolute atomic E-state index is 11.7. The molecule has 0 aliphatic heterocycles. The first kappa shape index (κ1) is 14.1. The fourth-order valence-corrected chi connectivity index (χ4v) is 3.05. The van der Waals surface area contributed by atoms with E-state index in [1.807, 2.05) is 0 Å². The SMILES string of the molecule is COCc1nsc(S(=O)(=O)CCC=C(F)F)n1. The van der Waals surface area contributed by atoms with Crippen LogP contribution in [-0.2, 0) is 21.2 Å². The normalized spacial score (nSPS) is 11.5. The maximum Gasteiger partial charge on any atom is 0.266 e. The summed E-state index contributed by atoms with van der Waals surface area (Å²) >= 11 is 0.718. The molecule has 0 atom stereocenters. The average molecular weight is 284 g/mol. The number of hydrogen-bond donors (Lipinski definition) is 0.